The molecule has 88 valence electrons. The summed E-state index contributed by atoms with van der Waals surface area (Å²) in [7, 11) is 0. The van der Waals surface area contributed by atoms with Crippen molar-refractivity contribution < 1.29 is 9.66 Å². The molecule has 0 aliphatic rings. The van der Waals surface area contributed by atoms with Gasteiger partial charge in [0.1, 0.15) is 0 Å². The zero-order valence-corrected chi connectivity index (χ0v) is 10.0. The molecule has 1 rings (SSSR count). The maximum atomic E-state index is 10.7. The van der Waals surface area contributed by atoms with Crippen LogP contribution < -0.4 is 4.74 Å². The second-order valence-electron chi connectivity index (χ2n) is 3.69. The Morgan fingerprint density at radius 2 is 2.25 bits per heavy atom. The van der Waals surface area contributed by atoms with Crippen molar-refractivity contribution in [1.29, 1.82) is 0 Å². The average molecular weight is 244 g/mol. The van der Waals surface area contributed by atoms with Crippen molar-refractivity contribution in [2.45, 2.75) is 20.3 Å². The third-order valence-corrected chi connectivity index (χ3v) is 2.57. The Morgan fingerprint density at radius 3 is 2.81 bits per heavy atom. The third-order valence-electron chi connectivity index (χ3n) is 2.34. The van der Waals surface area contributed by atoms with Gasteiger partial charge in [0.2, 0.25) is 0 Å². The van der Waals surface area contributed by atoms with Gasteiger partial charge in [-0.1, -0.05) is 31.9 Å². The largest absolute Gasteiger partial charge is 0.486 e. The van der Waals surface area contributed by atoms with E-state index in [1.165, 1.54) is 18.2 Å². The topological polar surface area (TPSA) is 52.4 Å². The molecular formula is C11H14ClNO3. The lowest BCUT2D eigenvalue weighted by molar-refractivity contribution is -0.385. The van der Waals surface area contributed by atoms with Crippen molar-refractivity contribution in [3.8, 4) is 5.75 Å². The molecule has 0 saturated carbocycles. The molecule has 0 aromatic heterocycles. The lowest BCUT2D eigenvalue weighted by Crippen LogP contribution is -2.08. The summed E-state index contributed by atoms with van der Waals surface area (Å²) in [6, 6.07) is 4.31. The monoisotopic (exact) mass is 243 g/mol. The first-order valence-corrected chi connectivity index (χ1v) is 5.49. The molecule has 4 nitrogen and oxygen atoms in total. The van der Waals surface area contributed by atoms with Crippen molar-refractivity contribution in [1.82, 2.24) is 0 Å². The van der Waals surface area contributed by atoms with E-state index in [0.717, 1.165) is 6.42 Å². The van der Waals surface area contributed by atoms with Gasteiger partial charge in [0.25, 0.3) is 0 Å². The van der Waals surface area contributed by atoms with Crippen LogP contribution in [0, 0.1) is 16.0 Å². The second-order valence-corrected chi connectivity index (χ2v) is 4.13. The zero-order chi connectivity index (χ0) is 12.1. The molecule has 16 heavy (non-hydrogen) atoms. The Hall–Kier alpha value is -1.29. The average Bonchev–Trinajstić information content (AvgIpc) is 2.25. The summed E-state index contributed by atoms with van der Waals surface area (Å²) in [5, 5.41) is 11.2. The van der Waals surface area contributed by atoms with Gasteiger partial charge < -0.3 is 4.74 Å². The standard InChI is InChI=1S/C11H14ClNO3/c1-3-8(2)7-16-11-6-9(12)4-5-10(11)13(14)15/h4-6,8H,3,7H2,1-2H3. The summed E-state index contributed by atoms with van der Waals surface area (Å²) in [5.41, 5.74) is -0.0484. The highest BCUT2D eigenvalue weighted by molar-refractivity contribution is 6.30. The minimum atomic E-state index is -0.470. The van der Waals surface area contributed by atoms with Gasteiger partial charge in [0.05, 0.1) is 11.5 Å². The molecule has 0 radical (unpaired) electrons. The van der Waals surface area contributed by atoms with Gasteiger partial charge in [-0.2, -0.15) is 0 Å². The first-order chi connectivity index (χ1) is 7.54. The molecule has 1 atom stereocenters. The number of nitro benzene ring substituents is 1. The van der Waals surface area contributed by atoms with Gasteiger partial charge in [0, 0.05) is 17.2 Å². The first kappa shape index (κ1) is 12.8. The van der Waals surface area contributed by atoms with E-state index in [-0.39, 0.29) is 11.4 Å². The summed E-state index contributed by atoms with van der Waals surface area (Å²) in [5.74, 6) is 0.594. The quantitative estimate of drug-likeness (QED) is 0.586. The van der Waals surface area contributed by atoms with Crippen molar-refractivity contribution in [3.63, 3.8) is 0 Å². The van der Waals surface area contributed by atoms with Crippen LogP contribution in [0.5, 0.6) is 5.75 Å². The number of halogens is 1. The van der Waals surface area contributed by atoms with Crippen LogP contribution in [0.3, 0.4) is 0 Å². The summed E-state index contributed by atoms with van der Waals surface area (Å²) in [4.78, 5) is 10.3. The predicted molar refractivity (Wildman–Crippen MR) is 63.1 cm³/mol. The number of hydrogen-bond acceptors (Lipinski definition) is 3. The van der Waals surface area contributed by atoms with Crippen molar-refractivity contribution >= 4 is 17.3 Å². The zero-order valence-electron chi connectivity index (χ0n) is 9.27. The van der Waals surface area contributed by atoms with E-state index in [1.54, 1.807) is 0 Å². The summed E-state index contributed by atoms with van der Waals surface area (Å²) >= 11 is 5.77. The second kappa shape index (κ2) is 5.70. The maximum absolute atomic E-state index is 10.7. The van der Waals surface area contributed by atoms with E-state index in [1.807, 2.05) is 13.8 Å². The highest BCUT2D eigenvalue weighted by Gasteiger charge is 2.15. The molecule has 0 amide bonds. The number of nitro groups is 1. The molecule has 0 N–H and O–H groups in total. The van der Waals surface area contributed by atoms with Gasteiger partial charge in [-0.05, 0) is 12.0 Å². The summed E-state index contributed by atoms with van der Waals surface area (Å²) in [6.07, 6.45) is 0.967. The fraction of sp³-hybridized carbons (Fsp3) is 0.455. The predicted octanol–water partition coefficient (Wildman–Crippen LogP) is 3.67. The number of ether oxygens (including phenoxy) is 1. The van der Waals surface area contributed by atoms with E-state index in [4.69, 9.17) is 16.3 Å². The molecular weight excluding hydrogens is 230 g/mol. The molecule has 1 unspecified atom stereocenters. The van der Waals surface area contributed by atoms with Gasteiger partial charge in [-0.25, -0.2) is 0 Å². The lowest BCUT2D eigenvalue weighted by Gasteiger charge is -2.11. The number of benzene rings is 1. The maximum Gasteiger partial charge on any atom is 0.311 e. The van der Waals surface area contributed by atoms with E-state index in [0.29, 0.717) is 17.5 Å². The van der Waals surface area contributed by atoms with E-state index < -0.39 is 4.92 Å². The number of rotatable bonds is 5. The van der Waals surface area contributed by atoms with Crippen LogP contribution in [-0.2, 0) is 0 Å². The fourth-order valence-corrected chi connectivity index (χ4v) is 1.27. The Bertz CT molecular complexity index is 381. The van der Waals surface area contributed by atoms with E-state index >= 15 is 0 Å². The molecule has 0 saturated heterocycles. The minimum Gasteiger partial charge on any atom is -0.486 e. The molecule has 1 aromatic rings. The summed E-state index contributed by atoms with van der Waals surface area (Å²) < 4.78 is 5.41. The minimum absolute atomic E-state index is 0.0484. The van der Waals surface area contributed by atoms with Crippen LogP contribution in [0.15, 0.2) is 18.2 Å². The summed E-state index contributed by atoms with van der Waals surface area (Å²) in [6.45, 7) is 4.52. The molecule has 0 aliphatic heterocycles. The van der Waals surface area contributed by atoms with Crippen LogP contribution in [0.2, 0.25) is 5.02 Å². The van der Waals surface area contributed by atoms with Crippen LogP contribution in [0.4, 0.5) is 5.69 Å². The smallest absolute Gasteiger partial charge is 0.311 e. The van der Waals surface area contributed by atoms with Crippen molar-refractivity contribution in [2.24, 2.45) is 5.92 Å². The fourth-order valence-electron chi connectivity index (χ4n) is 1.10. The normalized spacial score (nSPS) is 12.2. The number of hydrogen-bond donors (Lipinski definition) is 0. The van der Waals surface area contributed by atoms with Crippen LogP contribution in [0.1, 0.15) is 20.3 Å². The highest BCUT2D eigenvalue weighted by Crippen LogP contribution is 2.30. The van der Waals surface area contributed by atoms with E-state index in [2.05, 4.69) is 0 Å². The third kappa shape index (κ3) is 3.38. The van der Waals surface area contributed by atoms with Crippen LogP contribution >= 0.6 is 11.6 Å². The Morgan fingerprint density at radius 1 is 1.56 bits per heavy atom. The Kier molecular flexibility index (Phi) is 4.55. The molecule has 1 aromatic carbocycles. The van der Waals surface area contributed by atoms with Crippen LogP contribution in [0.25, 0.3) is 0 Å². The SMILES string of the molecule is CCC(C)COc1cc(Cl)ccc1[N+](=O)[O-]. The molecule has 0 heterocycles. The number of nitrogens with zero attached hydrogens (tertiary/aromatic N) is 1. The van der Waals surface area contributed by atoms with Gasteiger partial charge >= 0.3 is 5.69 Å². The Balaban J connectivity index is 2.84. The molecule has 0 aliphatic carbocycles. The first-order valence-electron chi connectivity index (χ1n) is 5.11. The Labute approximate surface area is 99.3 Å². The van der Waals surface area contributed by atoms with Crippen molar-refractivity contribution in [3.05, 3.63) is 33.3 Å². The molecule has 0 spiro atoms. The molecule has 5 heteroatoms. The lowest BCUT2D eigenvalue weighted by atomic mass is 10.1. The molecule has 0 fully saturated rings. The van der Waals surface area contributed by atoms with Gasteiger partial charge in [0.15, 0.2) is 5.75 Å². The van der Waals surface area contributed by atoms with Crippen molar-refractivity contribution in [2.75, 3.05) is 6.61 Å². The van der Waals surface area contributed by atoms with E-state index in [9.17, 15) is 10.1 Å². The highest BCUT2D eigenvalue weighted by atomic mass is 35.5. The van der Waals surface area contributed by atoms with Gasteiger partial charge in [-0.15, -0.1) is 0 Å². The van der Waals surface area contributed by atoms with Gasteiger partial charge in [-0.3, -0.25) is 10.1 Å². The van der Waals surface area contributed by atoms with Crippen LogP contribution in [-0.4, -0.2) is 11.5 Å². The molecule has 0 bridgehead atoms.